The number of rotatable bonds is 3. The third-order valence-electron chi connectivity index (χ3n) is 4.65. The molecule has 1 aromatic carbocycles. The number of halogens is 1. The Kier molecular flexibility index (Phi) is 4.92. The Labute approximate surface area is 162 Å². The van der Waals surface area contributed by atoms with Crippen molar-refractivity contribution in [3.8, 4) is 11.3 Å². The van der Waals surface area contributed by atoms with Crippen LogP contribution in [0.4, 0.5) is 0 Å². The van der Waals surface area contributed by atoms with E-state index in [-0.39, 0.29) is 0 Å². The Morgan fingerprint density at radius 3 is 2.60 bits per heavy atom. The van der Waals surface area contributed by atoms with Gasteiger partial charge in [0.05, 0.1) is 5.69 Å². The van der Waals surface area contributed by atoms with Gasteiger partial charge in [0.25, 0.3) is 0 Å². The van der Waals surface area contributed by atoms with Gasteiger partial charge >= 0.3 is 0 Å². The first kappa shape index (κ1) is 16.5. The molecule has 2 aromatic heterocycles. The van der Waals surface area contributed by atoms with Crippen LogP contribution >= 0.6 is 22.6 Å². The predicted octanol–water partition coefficient (Wildman–Crippen LogP) is 5.80. The average molecular weight is 438 g/mol. The molecule has 0 spiro atoms. The maximum Gasteiger partial charge on any atom is 0.108 e. The van der Waals surface area contributed by atoms with Gasteiger partial charge in [0.2, 0.25) is 0 Å². The Hall–Kier alpha value is -2.01. The molecule has 1 aliphatic carbocycles. The molecule has 0 unspecified atom stereocenters. The number of hydrogen-bond donors (Lipinski definition) is 0. The van der Waals surface area contributed by atoms with Crippen LogP contribution in [0.15, 0.2) is 54.9 Å². The van der Waals surface area contributed by atoms with Gasteiger partial charge in [0.15, 0.2) is 0 Å². The second kappa shape index (κ2) is 7.48. The highest BCUT2D eigenvalue weighted by molar-refractivity contribution is 14.1. The number of fused-ring (bicyclic) bond motifs is 1. The van der Waals surface area contributed by atoms with Crippen molar-refractivity contribution in [3.63, 3.8) is 0 Å². The lowest BCUT2D eigenvalue weighted by Gasteiger charge is -2.15. The van der Waals surface area contributed by atoms with Crippen LogP contribution in [0.1, 0.15) is 35.1 Å². The summed E-state index contributed by atoms with van der Waals surface area (Å²) in [6.07, 6.45) is 13.1. The number of aromatic nitrogens is 2. The lowest BCUT2D eigenvalue weighted by atomic mass is 9.90. The fraction of sp³-hybridized carbons (Fsp3) is 0.182. The van der Waals surface area contributed by atoms with E-state index in [1.807, 2.05) is 30.6 Å². The lowest BCUT2D eigenvalue weighted by Crippen LogP contribution is -2.02. The molecule has 3 heteroatoms. The zero-order valence-electron chi connectivity index (χ0n) is 14.0. The van der Waals surface area contributed by atoms with E-state index in [1.165, 1.54) is 42.4 Å². The van der Waals surface area contributed by atoms with E-state index < -0.39 is 0 Å². The minimum atomic E-state index is 0.954. The summed E-state index contributed by atoms with van der Waals surface area (Å²) >= 11 is 2.29. The van der Waals surface area contributed by atoms with Gasteiger partial charge < -0.3 is 0 Å². The molecular formula is C22H19IN2. The van der Waals surface area contributed by atoms with E-state index in [4.69, 9.17) is 0 Å². The van der Waals surface area contributed by atoms with Crippen LogP contribution < -0.4 is 0 Å². The van der Waals surface area contributed by atoms with Crippen molar-refractivity contribution in [2.45, 2.75) is 25.7 Å². The maximum absolute atomic E-state index is 4.53. The van der Waals surface area contributed by atoms with Crippen LogP contribution in [-0.4, -0.2) is 9.97 Å². The molecule has 0 amide bonds. The first-order chi connectivity index (χ1) is 12.3. The summed E-state index contributed by atoms with van der Waals surface area (Å²) in [5.74, 6) is 0. The highest BCUT2D eigenvalue weighted by Gasteiger charge is 2.09. The van der Waals surface area contributed by atoms with E-state index in [0.717, 1.165) is 20.5 Å². The first-order valence-corrected chi connectivity index (χ1v) is 9.74. The van der Waals surface area contributed by atoms with Gasteiger partial charge in [-0.2, -0.15) is 0 Å². The van der Waals surface area contributed by atoms with Crippen LogP contribution in [0.3, 0.4) is 0 Å². The van der Waals surface area contributed by atoms with Gasteiger partial charge in [-0.05, 0) is 83.2 Å². The highest BCUT2D eigenvalue weighted by Crippen LogP contribution is 2.24. The highest BCUT2D eigenvalue weighted by atomic mass is 127. The van der Waals surface area contributed by atoms with Gasteiger partial charge in [0, 0.05) is 23.5 Å². The van der Waals surface area contributed by atoms with Crippen molar-refractivity contribution in [3.05, 3.63) is 80.8 Å². The average Bonchev–Trinajstić information content (AvgIpc) is 2.68. The van der Waals surface area contributed by atoms with Crippen molar-refractivity contribution < 1.29 is 0 Å². The standard InChI is InChI=1S/C22H19IN2/c23-22-19(14-20(15-25-22)21-7-3-4-12-24-21)11-9-16-8-10-17-5-1-2-6-18(17)13-16/h3-4,7-15H,1-2,5-6H2/b11-9+. The first-order valence-electron chi connectivity index (χ1n) is 8.66. The second-order valence-electron chi connectivity index (χ2n) is 6.39. The van der Waals surface area contributed by atoms with Crippen LogP contribution in [0, 0.1) is 3.70 Å². The van der Waals surface area contributed by atoms with Crippen molar-refractivity contribution in [2.24, 2.45) is 0 Å². The Morgan fingerprint density at radius 2 is 1.76 bits per heavy atom. The molecule has 0 aliphatic heterocycles. The van der Waals surface area contributed by atoms with Crippen LogP contribution in [0.25, 0.3) is 23.4 Å². The Balaban J connectivity index is 1.63. The summed E-state index contributed by atoms with van der Waals surface area (Å²) in [4.78, 5) is 8.95. The summed E-state index contributed by atoms with van der Waals surface area (Å²) in [5, 5.41) is 0. The lowest BCUT2D eigenvalue weighted by molar-refractivity contribution is 0.685. The van der Waals surface area contributed by atoms with Crippen LogP contribution in [0.2, 0.25) is 0 Å². The molecule has 124 valence electrons. The van der Waals surface area contributed by atoms with Gasteiger partial charge in [-0.3, -0.25) is 4.98 Å². The molecular weight excluding hydrogens is 419 g/mol. The predicted molar refractivity (Wildman–Crippen MR) is 112 cm³/mol. The monoisotopic (exact) mass is 438 g/mol. The van der Waals surface area contributed by atoms with Crippen molar-refractivity contribution in [2.75, 3.05) is 0 Å². The normalized spacial score (nSPS) is 13.8. The Morgan fingerprint density at radius 1 is 0.880 bits per heavy atom. The molecule has 2 nitrogen and oxygen atoms in total. The third-order valence-corrected chi connectivity index (χ3v) is 5.56. The van der Waals surface area contributed by atoms with E-state index in [2.05, 4.69) is 69.0 Å². The molecule has 0 saturated heterocycles. The topological polar surface area (TPSA) is 25.8 Å². The number of benzene rings is 1. The Bertz CT molecular complexity index is 917. The largest absolute Gasteiger partial charge is 0.256 e. The van der Waals surface area contributed by atoms with Crippen molar-refractivity contribution in [1.82, 2.24) is 9.97 Å². The zero-order chi connectivity index (χ0) is 17.1. The third kappa shape index (κ3) is 3.82. The molecule has 1 aliphatic rings. The van der Waals surface area contributed by atoms with Crippen molar-refractivity contribution >= 4 is 34.7 Å². The number of hydrogen-bond acceptors (Lipinski definition) is 2. The minimum absolute atomic E-state index is 0.954. The van der Waals surface area contributed by atoms with Crippen molar-refractivity contribution in [1.29, 1.82) is 0 Å². The smallest absolute Gasteiger partial charge is 0.108 e. The molecule has 2 heterocycles. The molecule has 0 radical (unpaired) electrons. The van der Waals surface area contributed by atoms with E-state index >= 15 is 0 Å². The van der Waals surface area contributed by atoms with E-state index in [0.29, 0.717) is 0 Å². The summed E-state index contributed by atoms with van der Waals surface area (Å²) in [5.41, 5.74) is 7.43. The summed E-state index contributed by atoms with van der Waals surface area (Å²) in [6, 6.07) is 15.0. The molecule has 3 aromatic rings. The van der Waals surface area contributed by atoms with Gasteiger partial charge in [-0.1, -0.05) is 36.4 Å². The number of pyridine rings is 2. The van der Waals surface area contributed by atoms with Gasteiger partial charge in [0.1, 0.15) is 3.70 Å². The quantitative estimate of drug-likeness (QED) is 0.382. The zero-order valence-corrected chi connectivity index (χ0v) is 16.1. The fourth-order valence-electron chi connectivity index (χ4n) is 3.30. The number of nitrogens with zero attached hydrogens (tertiary/aromatic N) is 2. The van der Waals surface area contributed by atoms with E-state index in [1.54, 1.807) is 0 Å². The van der Waals surface area contributed by atoms with Gasteiger partial charge in [-0.15, -0.1) is 0 Å². The van der Waals surface area contributed by atoms with Gasteiger partial charge in [-0.25, -0.2) is 4.98 Å². The molecule has 0 N–H and O–H groups in total. The molecule has 4 rings (SSSR count). The summed E-state index contributed by atoms with van der Waals surface area (Å²) in [7, 11) is 0. The SMILES string of the molecule is Ic1ncc(-c2ccccn2)cc1/C=C/c1ccc2c(c1)CCCC2. The maximum atomic E-state index is 4.53. The molecule has 0 fully saturated rings. The minimum Gasteiger partial charge on any atom is -0.256 e. The van der Waals surface area contributed by atoms with E-state index in [9.17, 15) is 0 Å². The van der Waals surface area contributed by atoms with Crippen LogP contribution in [-0.2, 0) is 12.8 Å². The summed E-state index contributed by atoms with van der Waals surface area (Å²) in [6.45, 7) is 0. The molecule has 0 saturated carbocycles. The fourth-order valence-corrected chi connectivity index (χ4v) is 3.77. The number of aryl methyl sites for hydroxylation is 2. The molecule has 0 bridgehead atoms. The second-order valence-corrected chi connectivity index (χ2v) is 7.41. The molecule has 25 heavy (non-hydrogen) atoms. The molecule has 0 atom stereocenters. The van der Waals surface area contributed by atoms with Crippen LogP contribution in [0.5, 0.6) is 0 Å². The summed E-state index contributed by atoms with van der Waals surface area (Å²) < 4.78 is 1.01.